The average Bonchev–Trinajstić information content (AvgIpc) is 3.29. The quantitative estimate of drug-likeness (QED) is 0.673. The number of hydrogen-bond acceptors (Lipinski definition) is 6. The summed E-state index contributed by atoms with van der Waals surface area (Å²) in [6.45, 7) is 1.67. The molecule has 0 saturated heterocycles. The van der Waals surface area contributed by atoms with Crippen molar-refractivity contribution in [2.45, 2.75) is 69.0 Å². The van der Waals surface area contributed by atoms with Crippen molar-refractivity contribution in [1.82, 2.24) is 24.7 Å². The van der Waals surface area contributed by atoms with Gasteiger partial charge in [-0.25, -0.2) is 19.0 Å². The van der Waals surface area contributed by atoms with E-state index in [0.717, 1.165) is 29.5 Å². The van der Waals surface area contributed by atoms with Crippen LogP contribution >= 0.6 is 11.3 Å². The van der Waals surface area contributed by atoms with Gasteiger partial charge in [-0.05, 0) is 45.4 Å². The lowest BCUT2D eigenvalue weighted by Gasteiger charge is -2.34. The predicted molar refractivity (Wildman–Crippen MR) is 116 cm³/mol. The lowest BCUT2D eigenvalue weighted by Crippen LogP contribution is -2.29. The highest BCUT2D eigenvalue weighted by Crippen LogP contribution is 2.48. The minimum absolute atomic E-state index is 0.0897. The average molecular weight is 431 g/mol. The summed E-state index contributed by atoms with van der Waals surface area (Å²) in [5.74, 6) is 1.15. The minimum atomic E-state index is -1.10. The summed E-state index contributed by atoms with van der Waals surface area (Å²) >= 11 is 1.64. The van der Waals surface area contributed by atoms with E-state index in [1.165, 1.54) is 0 Å². The van der Waals surface area contributed by atoms with Crippen LogP contribution in [0.3, 0.4) is 0 Å². The van der Waals surface area contributed by atoms with Gasteiger partial charge >= 0.3 is 0 Å². The molecule has 2 saturated carbocycles. The van der Waals surface area contributed by atoms with Crippen molar-refractivity contribution in [2.75, 3.05) is 19.0 Å². The van der Waals surface area contributed by atoms with E-state index in [1.807, 2.05) is 23.7 Å². The number of anilines is 1. The van der Waals surface area contributed by atoms with Crippen LogP contribution < -0.4 is 10.5 Å². The Morgan fingerprint density at radius 1 is 1.20 bits per heavy atom. The third-order valence-electron chi connectivity index (χ3n) is 6.72. The molecule has 30 heavy (non-hydrogen) atoms. The third kappa shape index (κ3) is 3.33. The fourth-order valence-electron chi connectivity index (χ4n) is 4.68. The number of aromatic amines is 1. The summed E-state index contributed by atoms with van der Waals surface area (Å²) in [4.78, 5) is 27.4. The number of nitrogens with zero attached hydrogens (tertiary/aromatic N) is 5. The van der Waals surface area contributed by atoms with Gasteiger partial charge < -0.3 is 9.88 Å². The number of rotatable bonds is 4. The molecule has 2 aliphatic carbocycles. The smallest absolute Gasteiger partial charge is 0.262 e. The number of halogens is 1. The van der Waals surface area contributed by atoms with Crippen LogP contribution in [0.25, 0.3) is 11.0 Å². The van der Waals surface area contributed by atoms with E-state index in [-0.39, 0.29) is 23.4 Å². The van der Waals surface area contributed by atoms with Gasteiger partial charge in [0.15, 0.2) is 10.8 Å². The molecule has 0 amide bonds. The fraction of sp³-hybridized carbons (Fsp3) is 0.619. The molecule has 160 valence electrons. The van der Waals surface area contributed by atoms with Gasteiger partial charge in [0.1, 0.15) is 16.9 Å². The Kier molecular flexibility index (Phi) is 4.68. The van der Waals surface area contributed by atoms with E-state index in [4.69, 9.17) is 9.97 Å². The second-order valence-corrected chi connectivity index (χ2v) is 10.00. The maximum atomic E-state index is 14.2. The van der Waals surface area contributed by atoms with Crippen LogP contribution in [0.5, 0.6) is 0 Å². The molecular formula is C21H27FN6OS. The van der Waals surface area contributed by atoms with Crippen molar-refractivity contribution in [2.24, 2.45) is 0 Å². The maximum Gasteiger partial charge on any atom is 0.262 e. The lowest BCUT2D eigenvalue weighted by molar-refractivity contribution is 0.103. The van der Waals surface area contributed by atoms with Crippen LogP contribution in [0.15, 0.2) is 16.4 Å². The van der Waals surface area contributed by atoms with E-state index >= 15 is 0 Å². The first-order valence-corrected chi connectivity index (χ1v) is 11.5. The highest BCUT2D eigenvalue weighted by molar-refractivity contribution is 7.13. The second-order valence-electron chi connectivity index (χ2n) is 9.16. The Hall–Kier alpha value is -2.29. The summed E-state index contributed by atoms with van der Waals surface area (Å²) in [5, 5.41) is 8.08. The van der Waals surface area contributed by atoms with E-state index in [2.05, 4.69) is 15.5 Å². The molecule has 9 heteroatoms. The largest absolute Gasteiger partial charge is 0.354 e. The molecule has 0 radical (unpaired) electrons. The summed E-state index contributed by atoms with van der Waals surface area (Å²) in [6, 6.07) is 0.0897. The van der Waals surface area contributed by atoms with Gasteiger partial charge in [0, 0.05) is 31.3 Å². The van der Waals surface area contributed by atoms with Gasteiger partial charge in [-0.15, -0.1) is 11.3 Å². The molecule has 2 atom stereocenters. The number of thiazole rings is 1. The first-order chi connectivity index (χ1) is 14.3. The molecule has 0 bridgehead atoms. The molecule has 0 aliphatic heterocycles. The number of hydrogen-bond donors (Lipinski definition) is 1. The van der Waals surface area contributed by atoms with Crippen LogP contribution in [-0.4, -0.2) is 44.5 Å². The molecular weight excluding hydrogens is 403 g/mol. The number of H-pyrrole nitrogens is 1. The van der Waals surface area contributed by atoms with Crippen molar-refractivity contribution in [3.8, 4) is 0 Å². The van der Waals surface area contributed by atoms with E-state index < -0.39 is 5.67 Å². The zero-order chi connectivity index (χ0) is 21.0. The summed E-state index contributed by atoms with van der Waals surface area (Å²) < 4.78 is 16.1. The Morgan fingerprint density at radius 2 is 1.93 bits per heavy atom. The molecule has 7 nitrogen and oxygen atoms in total. The van der Waals surface area contributed by atoms with Crippen molar-refractivity contribution < 1.29 is 4.39 Å². The molecule has 2 fully saturated rings. The Balaban J connectivity index is 1.46. The zero-order valence-corrected chi connectivity index (χ0v) is 18.4. The molecule has 5 rings (SSSR count). The standard InChI is InChI=1S/C21H27FN6OS/c1-21(22)8-6-12(7-9-21)28-18-15(10-23-28)19(29)26-17(25-18)14-5-4-13(14)16-11-30-20(24-16)27(2)3/h10-14H,4-9H2,1-3H3,(H,25,26,29)/t12?,13-,14-,21?/m1/s1. The minimum Gasteiger partial charge on any atom is -0.354 e. The van der Waals surface area contributed by atoms with E-state index in [1.54, 1.807) is 24.5 Å². The van der Waals surface area contributed by atoms with Crippen LogP contribution in [0, 0.1) is 0 Å². The predicted octanol–water partition coefficient (Wildman–Crippen LogP) is 4.15. The molecule has 3 aromatic rings. The first-order valence-electron chi connectivity index (χ1n) is 10.6. The van der Waals surface area contributed by atoms with Gasteiger partial charge in [0.2, 0.25) is 0 Å². The molecule has 0 spiro atoms. The molecule has 0 aromatic carbocycles. The zero-order valence-electron chi connectivity index (χ0n) is 17.6. The normalized spacial score (nSPS) is 29.1. The highest BCUT2D eigenvalue weighted by Gasteiger charge is 2.38. The number of aromatic nitrogens is 5. The maximum absolute atomic E-state index is 14.2. The number of nitrogens with one attached hydrogen (secondary N) is 1. The molecule has 1 N–H and O–H groups in total. The molecule has 3 heterocycles. The van der Waals surface area contributed by atoms with Crippen LogP contribution in [0.2, 0.25) is 0 Å². The van der Waals surface area contributed by atoms with E-state index in [0.29, 0.717) is 36.7 Å². The van der Waals surface area contributed by atoms with Gasteiger partial charge in [-0.3, -0.25) is 4.79 Å². The van der Waals surface area contributed by atoms with Crippen LogP contribution in [0.4, 0.5) is 9.52 Å². The molecule has 0 unspecified atom stereocenters. The van der Waals surface area contributed by atoms with Gasteiger partial charge in [0.05, 0.1) is 17.9 Å². The summed E-state index contributed by atoms with van der Waals surface area (Å²) in [6.07, 6.45) is 6.06. The third-order valence-corrected chi connectivity index (χ3v) is 7.75. The Bertz CT molecular complexity index is 1120. The lowest BCUT2D eigenvalue weighted by atomic mass is 9.71. The van der Waals surface area contributed by atoms with Crippen molar-refractivity contribution in [1.29, 1.82) is 0 Å². The van der Waals surface area contributed by atoms with Crippen molar-refractivity contribution in [3.05, 3.63) is 33.4 Å². The molecule has 3 aromatic heterocycles. The number of fused-ring (bicyclic) bond motifs is 1. The second kappa shape index (κ2) is 7.14. The van der Waals surface area contributed by atoms with Crippen LogP contribution in [-0.2, 0) is 0 Å². The van der Waals surface area contributed by atoms with Crippen molar-refractivity contribution in [3.63, 3.8) is 0 Å². The first kappa shape index (κ1) is 19.7. The highest BCUT2D eigenvalue weighted by atomic mass is 32.1. The van der Waals surface area contributed by atoms with E-state index in [9.17, 15) is 9.18 Å². The topological polar surface area (TPSA) is 79.7 Å². The number of alkyl halides is 1. The van der Waals surface area contributed by atoms with Gasteiger partial charge in [0.25, 0.3) is 5.56 Å². The summed E-state index contributed by atoms with van der Waals surface area (Å²) in [5.41, 5.74) is 0.447. The molecule has 2 aliphatic rings. The summed E-state index contributed by atoms with van der Waals surface area (Å²) in [7, 11) is 3.98. The Morgan fingerprint density at radius 3 is 2.57 bits per heavy atom. The van der Waals surface area contributed by atoms with Crippen LogP contribution in [0.1, 0.15) is 74.8 Å². The Labute approximate surface area is 178 Å². The SMILES string of the molecule is CN(C)c1nc([C@@H]2CC[C@H]2c2nc3c(cnn3C3CCC(C)(F)CC3)c(=O)[nH]2)cs1. The van der Waals surface area contributed by atoms with Gasteiger partial charge in [-0.2, -0.15) is 5.10 Å². The van der Waals surface area contributed by atoms with Crippen molar-refractivity contribution >= 4 is 27.5 Å². The fourth-order valence-corrected chi connectivity index (χ4v) is 5.50. The monoisotopic (exact) mass is 430 g/mol. The van der Waals surface area contributed by atoms with Gasteiger partial charge in [-0.1, -0.05) is 0 Å².